The maximum absolute atomic E-state index is 12.7. The van der Waals surface area contributed by atoms with Crippen LogP contribution in [-0.2, 0) is 11.2 Å². The zero-order valence-corrected chi connectivity index (χ0v) is 19.9. The minimum atomic E-state index is -0.190. The lowest BCUT2D eigenvalue weighted by Gasteiger charge is -2.38. The number of amides is 3. The molecule has 2 fully saturated rings. The number of benzene rings is 2. The van der Waals surface area contributed by atoms with Gasteiger partial charge in [0.25, 0.3) is 0 Å². The molecule has 2 atom stereocenters. The van der Waals surface area contributed by atoms with Crippen LogP contribution in [0, 0.1) is 5.92 Å². The van der Waals surface area contributed by atoms with Gasteiger partial charge in [-0.1, -0.05) is 29.8 Å². The van der Waals surface area contributed by atoms with Crippen molar-refractivity contribution >= 4 is 34.9 Å². The predicted molar refractivity (Wildman–Crippen MR) is 134 cm³/mol. The molecule has 1 aliphatic carbocycles. The Labute approximate surface area is 201 Å². The number of nitrogens with one attached hydrogen (secondary N) is 3. The van der Waals surface area contributed by atoms with Crippen molar-refractivity contribution in [1.29, 1.82) is 0 Å². The second-order valence-electron chi connectivity index (χ2n) is 9.28. The number of carbonyl (C=O) groups excluding carboxylic acids is 2. The number of likely N-dealkylation sites (tertiary alicyclic amines) is 1. The fourth-order valence-corrected chi connectivity index (χ4v) is 5.33. The molecule has 1 aliphatic heterocycles. The molecular weight excluding hydrogens is 436 g/mol. The molecule has 3 amide bonds. The molecule has 1 saturated heterocycles. The van der Waals surface area contributed by atoms with Crippen molar-refractivity contribution < 1.29 is 9.59 Å². The molecule has 1 heterocycles. The number of carbonyl (C=O) groups is 2. The zero-order valence-electron chi connectivity index (χ0n) is 19.1. The molecule has 4 rings (SSSR count). The maximum Gasteiger partial charge on any atom is 0.319 e. The van der Waals surface area contributed by atoms with Crippen molar-refractivity contribution in [1.82, 2.24) is 10.2 Å². The average Bonchev–Trinajstić information content (AvgIpc) is 3.23. The van der Waals surface area contributed by atoms with Gasteiger partial charge in [0.05, 0.1) is 0 Å². The van der Waals surface area contributed by atoms with Crippen LogP contribution >= 0.6 is 11.6 Å². The molecule has 6 nitrogen and oxygen atoms in total. The van der Waals surface area contributed by atoms with Gasteiger partial charge in [0, 0.05) is 35.4 Å². The van der Waals surface area contributed by atoms with E-state index >= 15 is 0 Å². The summed E-state index contributed by atoms with van der Waals surface area (Å²) in [6.07, 6.45) is 6.76. The fourth-order valence-electron chi connectivity index (χ4n) is 5.20. The number of hydrogen-bond acceptors (Lipinski definition) is 3. The number of urea groups is 1. The third kappa shape index (κ3) is 6.71. The molecule has 2 aromatic carbocycles. The lowest BCUT2D eigenvalue weighted by molar-refractivity contribution is -0.114. The SMILES string of the molecule is CC(=O)Nc1cccc(NC(=O)N[C@@H]2CCC[C@H]2N2CCC(Cc3ccc(Cl)cc3)CC2)c1. The number of halogens is 1. The van der Waals surface area contributed by atoms with E-state index < -0.39 is 0 Å². The molecule has 1 saturated carbocycles. The largest absolute Gasteiger partial charge is 0.334 e. The summed E-state index contributed by atoms with van der Waals surface area (Å²) in [5, 5.41) is 9.64. The first-order chi connectivity index (χ1) is 16.0. The van der Waals surface area contributed by atoms with Crippen LogP contribution in [-0.4, -0.2) is 42.0 Å². The Hall–Kier alpha value is -2.57. The molecular formula is C26H33ClN4O2. The van der Waals surface area contributed by atoms with Crippen molar-refractivity contribution in [3.05, 3.63) is 59.1 Å². The van der Waals surface area contributed by atoms with Gasteiger partial charge in [-0.2, -0.15) is 0 Å². The summed E-state index contributed by atoms with van der Waals surface area (Å²) in [5.74, 6) is 0.566. The van der Waals surface area contributed by atoms with Crippen LogP contribution in [0.1, 0.15) is 44.6 Å². The van der Waals surface area contributed by atoms with E-state index in [-0.39, 0.29) is 18.0 Å². The highest BCUT2D eigenvalue weighted by Gasteiger charge is 2.35. The third-order valence-corrected chi connectivity index (χ3v) is 7.04. The molecule has 0 bridgehead atoms. The van der Waals surface area contributed by atoms with Gasteiger partial charge in [-0.05, 0) is 93.4 Å². The first-order valence-corrected chi connectivity index (χ1v) is 12.3. The minimum Gasteiger partial charge on any atom is -0.334 e. The predicted octanol–water partition coefficient (Wildman–Crippen LogP) is 5.30. The smallest absolute Gasteiger partial charge is 0.319 e. The van der Waals surface area contributed by atoms with Gasteiger partial charge in [-0.15, -0.1) is 0 Å². The van der Waals surface area contributed by atoms with Crippen LogP contribution in [0.4, 0.5) is 16.2 Å². The first kappa shape index (κ1) is 23.6. The van der Waals surface area contributed by atoms with Gasteiger partial charge < -0.3 is 16.0 Å². The van der Waals surface area contributed by atoms with Crippen LogP contribution in [0.3, 0.4) is 0 Å². The van der Waals surface area contributed by atoms with E-state index in [0.29, 0.717) is 23.3 Å². The Morgan fingerprint density at radius 3 is 2.36 bits per heavy atom. The van der Waals surface area contributed by atoms with Crippen LogP contribution in [0.25, 0.3) is 0 Å². The van der Waals surface area contributed by atoms with Gasteiger partial charge in [0.15, 0.2) is 0 Å². The molecule has 0 unspecified atom stereocenters. The Morgan fingerprint density at radius 2 is 1.67 bits per heavy atom. The summed E-state index contributed by atoms with van der Waals surface area (Å²) >= 11 is 6.01. The first-order valence-electron chi connectivity index (χ1n) is 11.9. The molecule has 2 aromatic rings. The van der Waals surface area contributed by atoms with Crippen molar-refractivity contribution in [2.75, 3.05) is 23.7 Å². The van der Waals surface area contributed by atoms with E-state index in [1.165, 1.54) is 25.3 Å². The monoisotopic (exact) mass is 468 g/mol. The lowest BCUT2D eigenvalue weighted by atomic mass is 9.89. The molecule has 0 aromatic heterocycles. The minimum absolute atomic E-state index is 0.137. The van der Waals surface area contributed by atoms with Crippen LogP contribution in [0.15, 0.2) is 48.5 Å². The second-order valence-corrected chi connectivity index (χ2v) is 9.71. The Morgan fingerprint density at radius 1 is 0.970 bits per heavy atom. The number of hydrogen-bond donors (Lipinski definition) is 3. The Kier molecular flexibility index (Phi) is 7.89. The van der Waals surface area contributed by atoms with Crippen molar-refractivity contribution in [3.8, 4) is 0 Å². The average molecular weight is 469 g/mol. The highest BCUT2D eigenvalue weighted by Crippen LogP contribution is 2.30. The van der Waals surface area contributed by atoms with Gasteiger partial charge in [-0.25, -0.2) is 4.79 Å². The molecule has 176 valence electrons. The zero-order chi connectivity index (χ0) is 23.2. The molecule has 2 aliphatic rings. The summed E-state index contributed by atoms with van der Waals surface area (Å²) in [5.41, 5.74) is 2.69. The molecule has 0 spiro atoms. The van der Waals surface area contributed by atoms with E-state index in [0.717, 1.165) is 43.8 Å². The third-order valence-electron chi connectivity index (χ3n) is 6.79. The highest BCUT2D eigenvalue weighted by atomic mass is 35.5. The number of nitrogens with zero attached hydrogens (tertiary/aromatic N) is 1. The lowest BCUT2D eigenvalue weighted by Crippen LogP contribution is -2.52. The highest BCUT2D eigenvalue weighted by molar-refractivity contribution is 6.30. The molecule has 3 N–H and O–H groups in total. The number of anilines is 2. The molecule has 0 radical (unpaired) electrons. The standard InChI is InChI=1S/C26H33ClN4O2/c1-18(32)28-22-4-2-5-23(17-22)29-26(33)30-24-6-3-7-25(24)31-14-12-20(13-15-31)16-19-8-10-21(27)11-9-19/h2,4-5,8-11,17,20,24-25H,3,6-7,12-16H2,1H3,(H,28,32)(H2,29,30,33)/t24-,25-/m1/s1. The molecule has 33 heavy (non-hydrogen) atoms. The van der Waals surface area contributed by atoms with Crippen molar-refractivity contribution in [3.63, 3.8) is 0 Å². The second kappa shape index (κ2) is 11.0. The quantitative estimate of drug-likeness (QED) is 0.538. The Bertz CT molecular complexity index is 957. The topological polar surface area (TPSA) is 73.5 Å². The summed E-state index contributed by atoms with van der Waals surface area (Å²) in [6.45, 7) is 3.64. The van der Waals surface area contributed by atoms with Gasteiger partial charge >= 0.3 is 6.03 Å². The number of rotatable bonds is 6. The van der Waals surface area contributed by atoms with E-state index in [1.807, 2.05) is 24.3 Å². The van der Waals surface area contributed by atoms with E-state index in [9.17, 15) is 9.59 Å². The van der Waals surface area contributed by atoms with E-state index in [1.54, 1.807) is 12.1 Å². The van der Waals surface area contributed by atoms with Crippen molar-refractivity contribution in [2.24, 2.45) is 5.92 Å². The fraction of sp³-hybridized carbons (Fsp3) is 0.462. The van der Waals surface area contributed by atoms with E-state index in [4.69, 9.17) is 11.6 Å². The number of piperidine rings is 1. The normalized spacial score (nSPS) is 21.5. The van der Waals surface area contributed by atoms with Gasteiger partial charge in [-0.3, -0.25) is 9.69 Å². The Balaban J connectivity index is 1.26. The van der Waals surface area contributed by atoms with Gasteiger partial charge in [0.2, 0.25) is 5.91 Å². The summed E-state index contributed by atoms with van der Waals surface area (Å²) in [4.78, 5) is 26.5. The van der Waals surface area contributed by atoms with Crippen LogP contribution < -0.4 is 16.0 Å². The maximum atomic E-state index is 12.7. The van der Waals surface area contributed by atoms with Crippen molar-refractivity contribution in [2.45, 2.75) is 57.5 Å². The van der Waals surface area contributed by atoms with Gasteiger partial charge in [0.1, 0.15) is 0 Å². The summed E-state index contributed by atoms with van der Waals surface area (Å²) < 4.78 is 0. The van der Waals surface area contributed by atoms with E-state index in [2.05, 4.69) is 33.0 Å². The van der Waals surface area contributed by atoms with Crippen LogP contribution in [0.2, 0.25) is 5.02 Å². The summed E-state index contributed by atoms with van der Waals surface area (Å²) in [7, 11) is 0. The summed E-state index contributed by atoms with van der Waals surface area (Å²) in [6, 6.07) is 15.8. The van der Waals surface area contributed by atoms with Crippen LogP contribution in [0.5, 0.6) is 0 Å². The molecule has 7 heteroatoms.